The molecular weight excluding hydrogens is 156 g/mol. The van der Waals surface area contributed by atoms with Gasteiger partial charge in [0.1, 0.15) is 11.5 Å². The second kappa shape index (κ2) is 3.71. The summed E-state index contributed by atoms with van der Waals surface area (Å²) in [6.45, 7) is 3.24. The minimum atomic E-state index is -0.200. The zero-order chi connectivity index (χ0) is 8.97. The highest BCUT2D eigenvalue weighted by Crippen LogP contribution is 2.02. The number of nitrogens with one attached hydrogen (secondary N) is 1. The molecule has 0 fully saturated rings. The number of carbonyl (C=O) groups is 1. The summed E-state index contributed by atoms with van der Waals surface area (Å²) in [5.74, 6) is 1.25. The van der Waals surface area contributed by atoms with Crippen LogP contribution in [0.15, 0.2) is 21.7 Å². The third-order valence-corrected chi connectivity index (χ3v) is 1.17. The highest BCUT2D eigenvalue weighted by atomic mass is 16.3. The molecule has 0 aliphatic rings. The van der Waals surface area contributed by atoms with Crippen molar-refractivity contribution in [2.45, 2.75) is 13.8 Å². The maximum atomic E-state index is 10.4. The largest absolute Gasteiger partial charge is 0.460 e. The van der Waals surface area contributed by atoms with E-state index in [0.717, 1.165) is 5.76 Å². The van der Waals surface area contributed by atoms with Gasteiger partial charge in [0.2, 0.25) is 5.91 Å². The molecule has 1 heterocycles. The molecule has 0 saturated heterocycles. The third kappa shape index (κ3) is 2.57. The van der Waals surface area contributed by atoms with E-state index in [4.69, 9.17) is 4.42 Å². The molecule has 0 unspecified atom stereocenters. The standard InChI is InChI=1S/C8H10N2O2/c1-6-3-4-8(12-6)5-9-10-7(2)11/h3-5H,1-2H3,(H,10,11)/b9-5+. The predicted molar refractivity (Wildman–Crippen MR) is 44.9 cm³/mol. The van der Waals surface area contributed by atoms with Crippen LogP contribution >= 0.6 is 0 Å². The Kier molecular flexibility index (Phi) is 2.63. The second-order valence-corrected chi connectivity index (χ2v) is 2.37. The van der Waals surface area contributed by atoms with Crippen LogP contribution in [0.1, 0.15) is 18.4 Å². The van der Waals surface area contributed by atoms with Crippen molar-refractivity contribution in [3.63, 3.8) is 0 Å². The first kappa shape index (κ1) is 8.52. The van der Waals surface area contributed by atoms with Crippen molar-refractivity contribution in [1.29, 1.82) is 0 Å². The summed E-state index contributed by atoms with van der Waals surface area (Å²) >= 11 is 0. The van der Waals surface area contributed by atoms with Crippen molar-refractivity contribution in [1.82, 2.24) is 5.43 Å². The summed E-state index contributed by atoms with van der Waals surface area (Å²) in [5, 5.41) is 3.64. The highest BCUT2D eigenvalue weighted by Gasteiger charge is 1.92. The molecule has 1 rings (SSSR count). The Hall–Kier alpha value is -1.58. The fourth-order valence-corrected chi connectivity index (χ4v) is 0.710. The minimum Gasteiger partial charge on any atom is -0.460 e. The molecule has 1 aromatic heterocycles. The molecule has 1 aromatic rings. The normalized spacial score (nSPS) is 10.5. The minimum absolute atomic E-state index is 0.200. The molecule has 0 atom stereocenters. The summed E-state index contributed by atoms with van der Waals surface area (Å²) in [4.78, 5) is 10.4. The lowest BCUT2D eigenvalue weighted by molar-refractivity contribution is -0.118. The van der Waals surface area contributed by atoms with Gasteiger partial charge in [-0.15, -0.1) is 0 Å². The molecule has 4 nitrogen and oxygen atoms in total. The maximum Gasteiger partial charge on any atom is 0.236 e. The van der Waals surface area contributed by atoms with Crippen LogP contribution in [0.4, 0.5) is 0 Å². The number of hydrazone groups is 1. The van der Waals surface area contributed by atoms with Gasteiger partial charge in [0.05, 0.1) is 6.21 Å². The SMILES string of the molecule is CC(=O)N/N=C/c1ccc(C)o1. The summed E-state index contributed by atoms with van der Waals surface area (Å²) < 4.78 is 5.16. The average molecular weight is 166 g/mol. The average Bonchev–Trinajstić information content (AvgIpc) is 2.35. The molecule has 0 aromatic carbocycles. The van der Waals surface area contributed by atoms with Crippen molar-refractivity contribution in [3.8, 4) is 0 Å². The lowest BCUT2D eigenvalue weighted by Gasteiger charge is -1.88. The Balaban J connectivity index is 2.52. The third-order valence-electron chi connectivity index (χ3n) is 1.17. The number of furan rings is 1. The monoisotopic (exact) mass is 166 g/mol. The Labute approximate surface area is 70.3 Å². The number of carbonyl (C=O) groups excluding carboxylic acids is 1. The van der Waals surface area contributed by atoms with E-state index in [1.54, 1.807) is 6.07 Å². The fraction of sp³-hybridized carbons (Fsp3) is 0.250. The number of rotatable bonds is 2. The van der Waals surface area contributed by atoms with Crippen LogP contribution in [-0.2, 0) is 4.79 Å². The second-order valence-electron chi connectivity index (χ2n) is 2.37. The van der Waals surface area contributed by atoms with E-state index in [1.165, 1.54) is 13.1 Å². The molecule has 1 amide bonds. The van der Waals surface area contributed by atoms with Gasteiger partial charge in [0.15, 0.2) is 0 Å². The number of hydrogen-bond acceptors (Lipinski definition) is 3. The molecular formula is C8H10N2O2. The Morgan fingerprint density at radius 3 is 2.92 bits per heavy atom. The predicted octanol–water partition coefficient (Wildman–Crippen LogP) is 1.06. The van der Waals surface area contributed by atoms with E-state index in [2.05, 4.69) is 10.5 Å². The van der Waals surface area contributed by atoms with E-state index >= 15 is 0 Å². The van der Waals surface area contributed by atoms with Gasteiger partial charge in [0, 0.05) is 6.92 Å². The van der Waals surface area contributed by atoms with Gasteiger partial charge < -0.3 is 4.42 Å². The van der Waals surface area contributed by atoms with Gasteiger partial charge in [0.25, 0.3) is 0 Å². The van der Waals surface area contributed by atoms with Crippen LogP contribution in [0.25, 0.3) is 0 Å². The molecule has 0 bridgehead atoms. The fourth-order valence-electron chi connectivity index (χ4n) is 0.710. The summed E-state index contributed by atoms with van der Waals surface area (Å²) in [6, 6.07) is 3.61. The molecule has 64 valence electrons. The van der Waals surface area contributed by atoms with Gasteiger partial charge in [-0.25, -0.2) is 5.43 Å². The van der Waals surface area contributed by atoms with Crippen LogP contribution in [0, 0.1) is 6.92 Å². The van der Waals surface area contributed by atoms with Crippen molar-refractivity contribution in [3.05, 3.63) is 23.7 Å². The Morgan fingerprint density at radius 1 is 1.67 bits per heavy atom. The van der Waals surface area contributed by atoms with Crippen LogP contribution in [-0.4, -0.2) is 12.1 Å². The van der Waals surface area contributed by atoms with Crippen molar-refractivity contribution < 1.29 is 9.21 Å². The van der Waals surface area contributed by atoms with Gasteiger partial charge in [-0.3, -0.25) is 4.79 Å². The molecule has 0 aliphatic heterocycles. The van der Waals surface area contributed by atoms with E-state index < -0.39 is 0 Å². The van der Waals surface area contributed by atoms with Gasteiger partial charge in [-0.2, -0.15) is 5.10 Å². The first-order valence-corrected chi connectivity index (χ1v) is 3.54. The molecule has 12 heavy (non-hydrogen) atoms. The summed E-state index contributed by atoms with van der Waals surface area (Å²) in [5.41, 5.74) is 2.27. The topological polar surface area (TPSA) is 54.6 Å². The molecule has 0 spiro atoms. The van der Waals surface area contributed by atoms with Gasteiger partial charge in [-0.05, 0) is 19.1 Å². The van der Waals surface area contributed by atoms with Crippen LogP contribution in [0.3, 0.4) is 0 Å². The maximum absolute atomic E-state index is 10.4. The first-order valence-electron chi connectivity index (χ1n) is 3.54. The molecule has 0 radical (unpaired) electrons. The number of amides is 1. The first-order chi connectivity index (χ1) is 5.68. The summed E-state index contributed by atoms with van der Waals surface area (Å²) in [7, 11) is 0. The smallest absolute Gasteiger partial charge is 0.236 e. The molecule has 4 heteroatoms. The van der Waals surface area contributed by atoms with E-state index in [1.807, 2.05) is 13.0 Å². The van der Waals surface area contributed by atoms with Crippen LogP contribution in [0.5, 0.6) is 0 Å². The van der Waals surface area contributed by atoms with E-state index in [0.29, 0.717) is 5.76 Å². The molecule has 0 saturated carbocycles. The van der Waals surface area contributed by atoms with Crippen molar-refractivity contribution in [2.24, 2.45) is 5.10 Å². The number of nitrogens with zero attached hydrogens (tertiary/aromatic N) is 1. The molecule has 0 aliphatic carbocycles. The zero-order valence-corrected chi connectivity index (χ0v) is 7.00. The lowest BCUT2D eigenvalue weighted by Crippen LogP contribution is -2.12. The van der Waals surface area contributed by atoms with Gasteiger partial charge >= 0.3 is 0 Å². The number of aryl methyl sites for hydroxylation is 1. The summed E-state index contributed by atoms with van der Waals surface area (Å²) in [6.07, 6.45) is 1.45. The van der Waals surface area contributed by atoms with E-state index in [-0.39, 0.29) is 5.91 Å². The van der Waals surface area contributed by atoms with Gasteiger partial charge in [-0.1, -0.05) is 0 Å². The zero-order valence-electron chi connectivity index (χ0n) is 7.00. The molecule has 1 N–H and O–H groups in total. The highest BCUT2D eigenvalue weighted by molar-refractivity contribution is 5.79. The van der Waals surface area contributed by atoms with Crippen LogP contribution < -0.4 is 5.43 Å². The quantitative estimate of drug-likeness (QED) is 0.527. The van der Waals surface area contributed by atoms with Crippen LogP contribution in [0.2, 0.25) is 0 Å². The van der Waals surface area contributed by atoms with Crippen molar-refractivity contribution >= 4 is 12.1 Å². The lowest BCUT2D eigenvalue weighted by atomic mass is 10.4. The number of hydrogen-bond donors (Lipinski definition) is 1. The van der Waals surface area contributed by atoms with Crippen molar-refractivity contribution in [2.75, 3.05) is 0 Å². The van der Waals surface area contributed by atoms with E-state index in [9.17, 15) is 4.79 Å². The Bertz CT molecular complexity index is 302. The Morgan fingerprint density at radius 2 is 2.42 bits per heavy atom.